The number of benzene rings is 1. The number of aliphatic hydroxyl groups is 1. The Kier molecular flexibility index (Phi) is 2.07. The van der Waals surface area contributed by atoms with E-state index >= 15 is 0 Å². The van der Waals surface area contributed by atoms with Crippen molar-refractivity contribution in [1.82, 2.24) is 9.97 Å². The average Bonchev–Trinajstić information content (AvgIpc) is 2.84. The van der Waals surface area contributed by atoms with E-state index in [2.05, 4.69) is 16.0 Å². The maximum atomic E-state index is 10.8. The lowest BCUT2D eigenvalue weighted by Crippen LogP contribution is -2.33. The molecule has 0 bridgehead atoms. The highest BCUT2D eigenvalue weighted by Crippen LogP contribution is 2.38. The van der Waals surface area contributed by atoms with Crippen molar-refractivity contribution in [1.29, 1.82) is 0 Å². The van der Waals surface area contributed by atoms with Crippen molar-refractivity contribution < 1.29 is 5.11 Å². The largest absolute Gasteiger partial charge is 0.377 e. The minimum atomic E-state index is -0.932. The van der Waals surface area contributed by atoms with E-state index in [4.69, 9.17) is 0 Å². The molecule has 0 spiro atoms. The number of H-pyrrole nitrogens is 1. The van der Waals surface area contributed by atoms with Crippen molar-refractivity contribution in [3.8, 4) is 0 Å². The lowest BCUT2D eigenvalue weighted by Gasteiger charge is -2.32. The summed E-state index contributed by atoms with van der Waals surface area (Å²) in [7, 11) is 0. The van der Waals surface area contributed by atoms with E-state index in [1.807, 2.05) is 18.2 Å². The highest BCUT2D eigenvalue weighted by atomic mass is 16.3. The molecular weight excluding hydrogens is 200 g/mol. The predicted octanol–water partition coefficient (Wildman–Crippen LogP) is 1.98. The number of hydrogen-bond donors (Lipinski definition) is 2. The number of hydrogen-bond acceptors (Lipinski definition) is 2. The maximum Gasteiger partial charge on any atom is 0.147 e. The topological polar surface area (TPSA) is 48.9 Å². The Bertz CT molecular complexity index is 492. The van der Waals surface area contributed by atoms with E-state index in [9.17, 15) is 5.11 Å². The number of aromatic amines is 1. The molecule has 0 saturated carbocycles. The fourth-order valence-electron chi connectivity index (χ4n) is 2.55. The maximum absolute atomic E-state index is 10.8. The normalized spacial score (nSPS) is 24.1. The van der Waals surface area contributed by atoms with Gasteiger partial charge in [0.2, 0.25) is 0 Å². The van der Waals surface area contributed by atoms with Crippen molar-refractivity contribution in [2.75, 3.05) is 0 Å². The van der Waals surface area contributed by atoms with Crippen LogP contribution in [0.1, 0.15) is 29.8 Å². The van der Waals surface area contributed by atoms with Gasteiger partial charge in [-0.2, -0.15) is 0 Å². The molecule has 1 aliphatic carbocycles. The van der Waals surface area contributed by atoms with Crippen molar-refractivity contribution >= 4 is 0 Å². The first kappa shape index (κ1) is 9.60. The molecule has 1 aromatic heterocycles. The third-order valence-corrected chi connectivity index (χ3v) is 3.34. The van der Waals surface area contributed by atoms with Crippen LogP contribution in [-0.2, 0) is 12.0 Å². The summed E-state index contributed by atoms with van der Waals surface area (Å²) >= 11 is 0. The van der Waals surface area contributed by atoms with Crippen LogP contribution < -0.4 is 0 Å². The van der Waals surface area contributed by atoms with Gasteiger partial charge in [-0.25, -0.2) is 4.98 Å². The van der Waals surface area contributed by atoms with Crippen molar-refractivity contribution in [2.24, 2.45) is 0 Å². The van der Waals surface area contributed by atoms with E-state index in [1.54, 1.807) is 12.4 Å². The second kappa shape index (κ2) is 3.46. The van der Waals surface area contributed by atoms with Gasteiger partial charge in [-0.3, -0.25) is 0 Å². The monoisotopic (exact) mass is 214 g/mol. The second-order valence-electron chi connectivity index (χ2n) is 4.31. The van der Waals surface area contributed by atoms with Crippen LogP contribution in [0.3, 0.4) is 0 Å². The molecule has 0 aliphatic heterocycles. The summed E-state index contributed by atoms with van der Waals surface area (Å²) in [5.41, 5.74) is 1.29. The Morgan fingerprint density at radius 2 is 2.19 bits per heavy atom. The standard InChI is InChI=1S/C13H14N2O/c16-13(12-14-8-9-15-12)7-3-5-10-4-1-2-6-11(10)13/h1-2,4,6,8-9,16H,3,5,7H2,(H,14,15). The van der Waals surface area contributed by atoms with E-state index in [0.29, 0.717) is 5.82 Å². The van der Waals surface area contributed by atoms with Crippen LogP contribution in [0.15, 0.2) is 36.7 Å². The molecule has 1 aromatic carbocycles. The number of nitrogens with one attached hydrogen (secondary N) is 1. The molecule has 2 N–H and O–H groups in total. The number of aromatic nitrogens is 2. The molecule has 0 saturated heterocycles. The van der Waals surface area contributed by atoms with Gasteiger partial charge >= 0.3 is 0 Å². The molecule has 2 aromatic rings. The Hall–Kier alpha value is -1.61. The summed E-state index contributed by atoms with van der Waals surface area (Å²) in [5, 5.41) is 10.8. The van der Waals surface area contributed by atoms with Gasteiger partial charge in [-0.05, 0) is 30.4 Å². The second-order valence-corrected chi connectivity index (χ2v) is 4.31. The molecule has 1 aliphatic rings. The van der Waals surface area contributed by atoms with Gasteiger partial charge in [-0.15, -0.1) is 0 Å². The van der Waals surface area contributed by atoms with Gasteiger partial charge in [0, 0.05) is 12.4 Å². The number of fused-ring (bicyclic) bond motifs is 1. The molecule has 3 heteroatoms. The van der Waals surface area contributed by atoms with Gasteiger partial charge < -0.3 is 10.1 Å². The Balaban J connectivity index is 2.17. The minimum absolute atomic E-state index is 0.652. The van der Waals surface area contributed by atoms with Crippen molar-refractivity contribution in [2.45, 2.75) is 24.9 Å². The third-order valence-electron chi connectivity index (χ3n) is 3.34. The summed E-state index contributed by atoms with van der Waals surface area (Å²) in [6.07, 6.45) is 6.21. The van der Waals surface area contributed by atoms with Crippen LogP contribution in [-0.4, -0.2) is 15.1 Å². The molecular formula is C13H14N2O. The summed E-state index contributed by atoms with van der Waals surface area (Å²) in [6, 6.07) is 8.07. The van der Waals surface area contributed by atoms with Crippen LogP contribution in [0.25, 0.3) is 0 Å². The van der Waals surface area contributed by atoms with Gasteiger partial charge in [-0.1, -0.05) is 24.3 Å². The summed E-state index contributed by atoms with van der Waals surface area (Å²) < 4.78 is 0. The van der Waals surface area contributed by atoms with Gasteiger partial charge in [0.1, 0.15) is 11.4 Å². The van der Waals surface area contributed by atoms with Crippen molar-refractivity contribution in [3.05, 3.63) is 53.6 Å². The highest BCUT2D eigenvalue weighted by Gasteiger charge is 2.37. The molecule has 3 nitrogen and oxygen atoms in total. The molecule has 0 amide bonds. The van der Waals surface area contributed by atoms with Crippen LogP contribution >= 0.6 is 0 Å². The van der Waals surface area contributed by atoms with E-state index in [0.717, 1.165) is 24.8 Å². The zero-order chi connectivity index (χ0) is 11.0. The summed E-state index contributed by atoms with van der Waals surface area (Å²) in [4.78, 5) is 7.23. The predicted molar refractivity (Wildman–Crippen MR) is 61.0 cm³/mol. The van der Waals surface area contributed by atoms with Crippen LogP contribution in [0.4, 0.5) is 0 Å². The fourth-order valence-corrected chi connectivity index (χ4v) is 2.55. The van der Waals surface area contributed by atoms with E-state index in [-0.39, 0.29) is 0 Å². The summed E-state index contributed by atoms with van der Waals surface area (Å²) in [6.45, 7) is 0. The molecule has 0 fully saturated rings. The van der Waals surface area contributed by atoms with E-state index < -0.39 is 5.60 Å². The quantitative estimate of drug-likeness (QED) is 0.762. The van der Waals surface area contributed by atoms with Crippen molar-refractivity contribution in [3.63, 3.8) is 0 Å². The average molecular weight is 214 g/mol. The smallest absolute Gasteiger partial charge is 0.147 e. The van der Waals surface area contributed by atoms with Crippen LogP contribution in [0.2, 0.25) is 0 Å². The lowest BCUT2D eigenvalue weighted by atomic mass is 9.78. The minimum Gasteiger partial charge on any atom is -0.377 e. The zero-order valence-corrected chi connectivity index (χ0v) is 8.98. The Morgan fingerprint density at radius 1 is 1.31 bits per heavy atom. The number of imidazole rings is 1. The van der Waals surface area contributed by atoms with Crippen LogP contribution in [0, 0.1) is 0 Å². The summed E-state index contributed by atoms with van der Waals surface area (Å²) in [5.74, 6) is 0.652. The number of rotatable bonds is 1. The SMILES string of the molecule is OC1(c2ncc[nH]2)CCCc2ccccc21. The third kappa shape index (κ3) is 1.28. The van der Waals surface area contributed by atoms with Gasteiger partial charge in [0.25, 0.3) is 0 Å². The molecule has 82 valence electrons. The lowest BCUT2D eigenvalue weighted by molar-refractivity contribution is 0.0532. The van der Waals surface area contributed by atoms with E-state index in [1.165, 1.54) is 5.56 Å². The first-order valence-corrected chi connectivity index (χ1v) is 5.61. The zero-order valence-electron chi connectivity index (χ0n) is 8.98. The van der Waals surface area contributed by atoms with Crippen LogP contribution in [0.5, 0.6) is 0 Å². The molecule has 16 heavy (non-hydrogen) atoms. The Morgan fingerprint density at radius 3 is 3.00 bits per heavy atom. The molecule has 1 unspecified atom stereocenters. The van der Waals surface area contributed by atoms with Gasteiger partial charge in [0.05, 0.1) is 0 Å². The Labute approximate surface area is 94.2 Å². The molecule has 1 atom stereocenters. The fraction of sp³-hybridized carbons (Fsp3) is 0.308. The first-order chi connectivity index (χ1) is 7.81. The first-order valence-electron chi connectivity index (χ1n) is 5.61. The molecule has 1 heterocycles. The molecule has 3 rings (SSSR count). The number of aryl methyl sites for hydroxylation is 1. The molecule has 0 radical (unpaired) electrons. The number of nitrogens with zero attached hydrogens (tertiary/aromatic N) is 1. The van der Waals surface area contributed by atoms with Gasteiger partial charge in [0.15, 0.2) is 0 Å². The highest BCUT2D eigenvalue weighted by molar-refractivity contribution is 5.38.